The monoisotopic (exact) mass is 293 g/mol. The highest BCUT2D eigenvalue weighted by Crippen LogP contribution is 2.18. The molecule has 1 N–H and O–H groups in total. The fourth-order valence-electron chi connectivity index (χ4n) is 2.79. The van der Waals surface area contributed by atoms with Crippen LogP contribution in [0.15, 0.2) is 18.2 Å². The van der Waals surface area contributed by atoms with Crippen LogP contribution in [0.4, 0.5) is 10.1 Å². The van der Waals surface area contributed by atoms with Gasteiger partial charge in [0.2, 0.25) is 0 Å². The molecular formula is C17H28FN3. The molecular weight excluding hydrogens is 265 g/mol. The van der Waals surface area contributed by atoms with Crippen LogP contribution in [0.3, 0.4) is 0 Å². The maximum Gasteiger partial charge on any atom is 0.125 e. The number of hydrogen-bond donors (Lipinski definition) is 1. The number of nitrogens with zero attached hydrogens (tertiary/aromatic N) is 2. The standard InChI is InChI=1S/C17H28FN3/c1-3-6-19-14-15-11-16(18)13-17(12-15)20(2)9-10-21-7-4-5-8-21/h11-13,19H,3-10,14H2,1-2H3. The van der Waals surface area contributed by atoms with Crippen molar-refractivity contribution in [3.63, 3.8) is 0 Å². The minimum atomic E-state index is -0.145. The molecule has 0 amide bonds. The Morgan fingerprint density at radius 3 is 2.71 bits per heavy atom. The van der Waals surface area contributed by atoms with E-state index < -0.39 is 0 Å². The Bertz CT molecular complexity index is 430. The molecule has 118 valence electrons. The Morgan fingerprint density at radius 2 is 2.00 bits per heavy atom. The van der Waals surface area contributed by atoms with Gasteiger partial charge in [0.25, 0.3) is 0 Å². The number of likely N-dealkylation sites (tertiary alicyclic amines) is 1. The third kappa shape index (κ3) is 5.29. The fraction of sp³-hybridized carbons (Fsp3) is 0.647. The molecule has 1 saturated heterocycles. The average molecular weight is 293 g/mol. The third-order valence-electron chi connectivity index (χ3n) is 4.09. The zero-order chi connectivity index (χ0) is 15.1. The second kappa shape index (κ2) is 8.35. The molecule has 0 atom stereocenters. The summed E-state index contributed by atoms with van der Waals surface area (Å²) in [5.41, 5.74) is 1.99. The van der Waals surface area contributed by atoms with Gasteiger partial charge in [0.1, 0.15) is 5.82 Å². The maximum atomic E-state index is 13.8. The zero-order valence-electron chi connectivity index (χ0n) is 13.4. The van der Waals surface area contributed by atoms with Crippen LogP contribution in [0.25, 0.3) is 0 Å². The first-order chi connectivity index (χ1) is 10.2. The molecule has 1 fully saturated rings. The van der Waals surface area contributed by atoms with E-state index >= 15 is 0 Å². The molecule has 1 heterocycles. The molecule has 0 unspecified atom stereocenters. The van der Waals surface area contributed by atoms with Crippen molar-refractivity contribution in [2.75, 3.05) is 44.7 Å². The first-order valence-electron chi connectivity index (χ1n) is 8.12. The van der Waals surface area contributed by atoms with Gasteiger partial charge in [0.05, 0.1) is 0 Å². The van der Waals surface area contributed by atoms with Crippen molar-refractivity contribution in [1.82, 2.24) is 10.2 Å². The summed E-state index contributed by atoms with van der Waals surface area (Å²) in [6, 6.07) is 5.35. The molecule has 0 aromatic heterocycles. The lowest BCUT2D eigenvalue weighted by molar-refractivity contribution is 0.346. The van der Waals surface area contributed by atoms with Crippen LogP contribution in [-0.2, 0) is 6.54 Å². The topological polar surface area (TPSA) is 18.5 Å². The Hall–Kier alpha value is -1.13. The summed E-state index contributed by atoms with van der Waals surface area (Å²) < 4.78 is 13.8. The molecule has 1 aromatic carbocycles. The van der Waals surface area contributed by atoms with Crippen LogP contribution in [0.1, 0.15) is 31.7 Å². The number of benzene rings is 1. The van der Waals surface area contributed by atoms with E-state index in [1.54, 1.807) is 12.1 Å². The van der Waals surface area contributed by atoms with Crippen LogP contribution in [-0.4, -0.2) is 44.7 Å². The predicted octanol–water partition coefficient (Wildman–Crippen LogP) is 2.86. The van der Waals surface area contributed by atoms with Crippen molar-refractivity contribution in [1.29, 1.82) is 0 Å². The first kappa shape index (κ1) is 16.2. The van der Waals surface area contributed by atoms with E-state index in [1.165, 1.54) is 25.9 Å². The highest BCUT2D eigenvalue weighted by molar-refractivity contribution is 5.48. The van der Waals surface area contributed by atoms with Gasteiger partial charge in [-0.25, -0.2) is 4.39 Å². The molecule has 0 radical (unpaired) electrons. The number of anilines is 1. The van der Waals surface area contributed by atoms with Crippen LogP contribution in [0, 0.1) is 5.82 Å². The van der Waals surface area contributed by atoms with E-state index in [4.69, 9.17) is 0 Å². The van der Waals surface area contributed by atoms with Gasteiger partial charge in [-0.05, 0) is 62.7 Å². The quantitative estimate of drug-likeness (QED) is 0.744. The van der Waals surface area contributed by atoms with Gasteiger partial charge in [-0.2, -0.15) is 0 Å². The third-order valence-corrected chi connectivity index (χ3v) is 4.09. The van der Waals surface area contributed by atoms with Crippen LogP contribution in [0.5, 0.6) is 0 Å². The van der Waals surface area contributed by atoms with E-state index in [0.717, 1.165) is 43.9 Å². The van der Waals surface area contributed by atoms with E-state index in [0.29, 0.717) is 0 Å². The van der Waals surface area contributed by atoms with Gasteiger partial charge in [0.15, 0.2) is 0 Å². The Morgan fingerprint density at radius 1 is 1.24 bits per heavy atom. The Kier molecular flexibility index (Phi) is 6.46. The molecule has 0 bridgehead atoms. The lowest BCUT2D eigenvalue weighted by Gasteiger charge is -2.23. The van der Waals surface area contributed by atoms with E-state index in [2.05, 4.69) is 28.1 Å². The minimum absolute atomic E-state index is 0.145. The van der Waals surface area contributed by atoms with Gasteiger partial charge >= 0.3 is 0 Å². The van der Waals surface area contributed by atoms with Crippen molar-refractivity contribution >= 4 is 5.69 Å². The number of nitrogens with one attached hydrogen (secondary N) is 1. The summed E-state index contributed by atoms with van der Waals surface area (Å²) >= 11 is 0. The molecule has 0 saturated carbocycles. The molecule has 21 heavy (non-hydrogen) atoms. The lowest BCUT2D eigenvalue weighted by Crippen LogP contribution is -2.31. The van der Waals surface area contributed by atoms with E-state index in [9.17, 15) is 4.39 Å². The van der Waals surface area contributed by atoms with Crippen molar-refractivity contribution < 1.29 is 4.39 Å². The van der Waals surface area contributed by atoms with Crippen LogP contribution < -0.4 is 10.2 Å². The molecule has 0 aliphatic carbocycles. The second-order valence-electron chi connectivity index (χ2n) is 5.96. The van der Waals surface area contributed by atoms with Crippen molar-refractivity contribution in [2.24, 2.45) is 0 Å². The molecule has 1 aliphatic rings. The zero-order valence-corrected chi connectivity index (χ0v) is 13.4. The summed E-state index contributed by atoms with van der Waals surface area (Å²) in [7, 11) is 2.05. The van der Waals surface area contributed by atoms with Crippen molar-refractivity contribution in [2.45, 2.75) is 32.7 Å². The summed E-state index contributed by atoms with van der Waals surface area (Å²) in [6.45, 7) is 8.28. The van der Waals surface area contributed by atoms with Gasteiger partial charge < -0.3 is 15.1 Å². The molecule has 4 heteroatoms. The summed E-state index contributed by atoms with van der Waals surface area (Å²) in [5.74, 6) is -0.145. The Balaban J connectivity index is 1.90. The molecule has 1 aliphatic heterocycles. The van der Waals surface area contributed by atoms with E-state index in [-0.39, 0.29) is 5.82 Å². The van der Waals surface area contributed by atoms with Crippen LogP contribution >= 0.6 is 0 Å². The molecule has 1 aromatic rings. The maximum absolute atomic E-state index is 13.8. The average Bonchev–Trinajstić information content (AvgIpc) is 2.98. The van der Waals surface area contributed by atoms with Crippen molar-refractivity contribution in [3.05, 3.63) is 29.6 Å². The molecule has 3 nitrogen and oxygen atoms in total. The SMILES string of the molecule is CCCNCc1cc(F)cc(N(C)CCN2CCCC2)c1. The number of rotatable bonds is 8. The number of halogens is 1. The summed E-state index contributed by atoms with van der Waals surface area (Å²) in [4.78, 5) is 4.64. The highest BCUT2D eigenvalue weighted by Gasteiger charge is 2.12. The number of likely N-dealkylation sites (N-methyl/N-ethyl adjacent to an activating group) is 1. The minimum Gasteiger partial charge on any atom is -0.373 e. The van der Waals surface area contributed by atoms with Gasteiger partial charge in [0, 0.05) is 32.4 Å². The highest BCUT2D eigenvalue weighted by atomic mass is 19.1. The summed E-state index contributed by atoms with van der Waals surface area (Å²) in [5, 5.41) is 3.33. The number of hydrogen-bond acceptors (Lipinski definition) is 3. The fourth-order valence-corrected chi connectivity index (χ4v) is 2.79. The summed E-state index contributed by atoms with van der Waals surface area (Å²) in [6.07, 6.45) is 3.73. The van der Waals surface area contributed by atoms with Crippen LogP contribution in [0.2, 0.25) is 0 Å². The normalized spacial score (nSPS) is 15.6. The predicted molar refractivity (Wildman–Crippen MR) is 87.3 cm³/mol. The van der Waals surface area contributed by atoms with Gasteiger partial charge in [-0.3, -0.25) is 0 Å². The van der Waals surface area contributed by atoms with Gasteiger partial charge in [-0.15, -0.1) is 0 Å². The van der Waals surface area contributed by atoms with E-state index in [1.807, 2.05) is 7.05 Å². The molecule has 0 spiro atoms. The lowest BCUT2D eigenvalue weighted by atomic mass is 10.1. The van der Waals surface area contributed by atoms with Gasteiger partial charge in [-0.1, -0.05) is 6.92 Å². The molecule has 2 rings (SSSR count). The second-order valence-corrected chi connectivity index (χ2v) is 5.96. The Labute approximate surface area is 128 Å². The smallest absolute Gasteiger partial charge is 0.125 e. The largest absolute Gasteiger partial charge is 0.373 e. The first-order valence-corrected chi connectivity index (χ1v) is 8.12. The van der Waals surface area contributed by atoms with Crippen molar-refractivity contribution in [3.8, 4) is 0 Å².